The molecule has 0 aliphatic carbocycles. The molecule has 1 aliphatic rings. The van der Waals surface area contributed by atoms with Crippen molar-refractivity contribution in [3.63, 3.8) is 0 Å². The molecule has 0 amide bonds. The molecule has 3 N–H and O–H groups in total. The van der Waals surface area contributed by atoms with Crippen molar-refractivity contribution in [2.24, 2.45) is 0 Å². The molecule has 0 bridgehead atoms. The van der Waals surface area contributed by atoms with E-state index in [-0.39, 0.29) is 6.61 Å². The van der Waals surface area contributed by atoms with Gasteiger partial charge in [0.2, 0.25) is 0 Å². The third-order valence-corrected chi connectivity index (χ3v) is 4.11. The third kappa shape index (κ3) is 8.98. The highest BCUT2D eigenvalue weighted by atomic mass is 16.7. The molecule has 1 rings (SSSR count). The summed E-state index contributed by atoms with van der Waals surface area (Å²) in [6.45, 7) is 3.63. The molecule has 23 heavy (non-hydrogen) atoms. The fraction of sp³-hybridized carbons (Fsp3) is 1.00. The van der Waals surface area contributed by atoms with Crippen LogP contribution >= 0.6 is 0 Å². The summed E-state index contributed by atoms with van der Waals surface area (Å²) in [7, 11) is 0. The van der Waals surface area contributed by atoms with Crippen LogP contribution in [0.2, 0.25) is 0 Å². The summed E-state index contributed by atoms with van der Waals surface area (Å²) in [6, 6.07) is 0. The molecule has 138 valence electrons. The van der Waals surface area contributed by atoms with Crippen LogP contribution in [0.1, 0.15) is 58.3 Å². The van der Waals surface area contributed by atoms with Crippen LogP contribution in [0.4, 0.5) is 0 Å². The Morgan fingerprint density at radius 3 is 2.17 bits per heavy atom. The van der Waals surface area contributed by atoms with Crippen molar-refractivity contribution in [2.45, 2.75) is 82.9 Å². The van der Waals surface area contributed by atoms with Gasteiger partial charge in [-0.05, 0) is 6.42 Å². The van der Waals surface area contributed by atoms with Gasteiger partial charge in [0, 0.05) is 6.61 Å². The Hall–Kier alpha value is -0.240. The van der Waals surface area contributed by atoms with E-state index in [1.165, 1.54) is 44.9 Å². The minimum atomic E-state index is -1.23. The molecule has 0 unspecified atom stereocenters. The predicted octanol–water partition coefficient (Wildman–Crippen LogP) is 1.60. The summed E-state index contributed by atoms with van der Waals surface area (Å²) < 4.78 is 15.9. The lowest BCUT2D eigenvalue weighted by Crippen LogP contribution is -2.53. The fourth-order valence-corrected chi connectivity index (χ4v) is 2.59. The van der Waals surface area contributed by atoms with Crippen molar-refractivity contribution in [2.75, 3.05) is 26.4 Å². The van der Waals surface area contributed by atoms with E-state index in [1.807, 2.05) is 0 Å². The van der Waals surface area contributed by atoms with Gasteiger partial charge < -0.3 is 29.5 Å². The third-order valence-electron chi connectivity index (χ3n) is 4.11. The SMILES string of the molecule is CCCCCCCCCCOCCO[C@@H]1OC[C@@H](O)[C@H](O)[C@H]1O. The van der Waals surface area contributed by atoms with Gasteiger partial charge in [-0.15, -0.1) is 0 Å². The zero-order valence-electron chi connectivity index (χ0n) is 14.4. The van der Waals surface area contributed by atoms with Crippen LogP contribution in [-0.4, -0.2) is 66.3 Å². The lowest BCUT2D eigenvalue weighted by Gasteiger charge is -2.34. The number of unbranched alkanes of at least 4 members (excludes halogenated alkanes) is 7. The Morgan fingerprint density at radius 2 is 1.48 bits per heavy atom. The normalized spacial score (nSPS) is 28.2. The highest BCUT2D eigenvalue weighted by Gasteiger charge is 2.37. The molecule has 0 spiro atoms. The van der Waals surface area contributed by atoms with Crippen LogP contribution in [0.5, 0.6) is 0 Å². The van der Waals surface area contributed by atoms with Crippen molar-refractivity contribution in [3.8, 4) is 0 Å². The molecular weight excluding hydrogens is 300 g/mol. The first-order chi connectivity index (χ1) is 11.2. The van der Waals surface area contributed by atoms with Gasteiger partial charge in [0.25, 0.3) is 0 Å². The predicted molar refractivity (Wildman–Crippen MR) is 87.1 cm³/mol. The molecular formula is C17H34O6. The van der Waals surface area contributed by atoms with Gasteiger partial charge in [-0.25, -0.2) is 0 Å². The summed E-state index contributed by atoms with van der Waals surface area (Å²) in [5.74, 6) is 0. The number of hydrogen-bond donors (Lipinski definition) is 3. The lowest BCUT2D eigenvalue weighted by atomic mass is 10.1. The van der Waals surface area contributed by atoms with Gasteiger partial charge in [-0.1, -0.05) is 51.9 Å². The highest BCUT2D eigenvalue weighted by molar-refractivity contribution is 4.82. The van der Waals surface area contributed by atoms with E-state index in [0.717, 1.165) is 6.42 Å². The topological polar surface area (TPSA) is 88.4 Å². The van der Waals surface area contributed by atoms with Crippen LogP contribution in [0.3, 0.4) is 0 Å². The zero-order chi connectivity index (χ0) is 16.9. The van der Waals surface area contributed by atoms with Gasteiger partial charge >= 0.3 is 0 Å². The quantitative estimate of drug-likeness (QED) is 0.443. The van der Waals surface area contributed by atoms with E-state index in [9.17, 15) is 15.3 Å². The maximum absolute atomic E-state index is 9.68. The second kappa shape index (κ2) is 13.1. The van der Waals surface area contributed by atoms with Crippen LogP contribution in [0.15, 0.2) is 0 Å². The van der Waals surface area contributed by atoms with Gasteiger partial charge in [0.15, 0.2) is 6.29 Å². The minimum absolute atomic E-state index is 0.0397. The Bertz CT molecular complexity index is 276. The molecule has 0 aromatic rings. The summed E-state index contributed by atoms with van der Waals surface area (Å²) in [5, 5.41) is 28.5. The summed E-state index contributed by atoms with van der Waals surface area (Å²) in [6.07, 6.45) is 5.74. The second-order valence-corrected chi connectivity index (χ2v) is 6.21. The van der Waals surface area contributed by atoms with Crippen molar-refractivity contribution < 1.29 is 29.5 Å². The van der Waals surface area contributed by atoms with E-state index >= 15 is 0 Å². The van der Waals surface area contributed by atoms with Gasteiger partial charge in [-0.3, -0.25) is 0 Å². The molecule has 4 atom stereocenters. The molecule has 1 saturated heterocycles. The number of ether oxygens (including phenoxy) is 3. The second-order valence-electron chi connectivity index (χ2n) is 6.21. The molecule has 1 fully saturated rings. The average molecular weight is 334 g/mol. The van der Waals surface area contributed by atoms with E-state index in [0.29, 0.717) is 19.8 Å². The Kier molecular flexibility index (Phi) is 11.8. The van der Waals surface area contributed by atoms with Gasteiger partial charge in [-0.2, -0.15) is 0 Å². The molecule has 0 aromatic carbocycles. The molecule has 1 aliphatic heterocycles. The first kappa shape index (κ1) is 20.8. The Morgan fingerprint density at radius 1 is 0.826 bits per heavy atom. The van der Waals surface area contributed by atoms with Crippen molar-refractivity contribution in [1.82, 2.24) is 0 Å². The smallest absolute Gasteiger partial charge is 0.186 e. The number of hydrogen-bond acceptors (Lipinski definition) is 6. The van der Waals surface area contributed by atoms with Crippen LogP contribution in [-0.2, 0) is 14.2 Å². The number of aliphatic hydroxyl groups is 3. The molecule has 6 nitrogen and oxygen atoms in total. The number of aliphatic hydroxyl groups excluding tert-OH is 3. The van der Waals surface area contributed by atoms with E-state index in [1.54, 1.807) is 0 Å². The van der Waals surface area contributed by atoms with Crippen LogP contribution < -0.4 is 0 Å². The minimum Gasteiger partial charge on any atom is -0.388 e. The standard InChI is InChI=1S/C17H34O6/c1-2-3-4-5-6-7-8-9-10-21-11-12-22-17-16(20)15(19)14(18)13-23-17/h14-20H,2-13H2,1H3/t14-,15+,16-,17-/m1/s1. The molecule has 0 radical (unpaired) electrons. The Labute approximate surface area is 139 Å². The van der Waals surface area contributed by atoms with E-state index in [4.69, 9.17) is 14.2 Å². The highest BCUT2D eigenvalue weighted by Crippen LogP contribution is 2.16. The fourth-order valence-electron chi connectivity index (χ4n) is 2.59. The molecule has 0 saturated carbocycles. The number of rotatable bonds is 13. The van der Waals surface area contributed by atoms with E-state index < -0.39 is 24.6 Å². The van der Waals surface area contributed by atoms with Gasteiger partial charge in [0.1, 0.15) is 18.3 Å². The summed E-state index contributed by atoms with van der Waals surface area (Å²) in [4.78, 5) is 0. The average Bonchev–Trinajstić information content (AvgIpc) is 2.55. The summed E-state index contributed by atoms with van der Waals surface area (Å²) in [5.41, 5.74) is 0. The van der Waals surface area contributed by atoms with Crippen molar-refractivity contribution >= 4 is 0 Å². The monoisotopic (exact) mass is 334 g/mol. The van der Waals surface area contributed by atoms with Crippen LogP contribution in [0.25, 0.3) is 0 Å². The zero-order valence-corrected chi connectivity index (χ0v) is 14.4. The lowest BCUT2D eigenvalue weighted by molar-refractivity contribution is -0.271. The van der Waals surface area contributed by atoms with Gasteiger partial charge in [0.05, 0.1) is 19.8 Å². The molecule has 0 aromatic heterocycles. The summed E-state index contributed by atoms with van der Waals surface area (Å²) >= 11 is 0. The molecule has 1 heterocycles. The van der Waals surface area contributed by atoms with Crippen molar-refractivity contribution in [1.29, 1.82) is 0 Å². The largest absolute Gasteiger partial charge is 0.388 e. The van der Waals surface area contributed by atoms with E-state index in [2.05, 4.69) is 6.92 Å². The first-order valence-corrected chi connectivity index (χ1v) is 9.02. The maximum Gasteiger partial charge on any atom is 0.186 e. The first-order valence-electron chi connectivity index (χ1n) is 9.02. The molecule has 6 heteroatoms. The Balaban J connectivity index is 1.86. The maximum atomic E-state index is 9.68. The van der Waals surface area contributed by atoms with Crippen molar-refractivity contribution in [3.05, 3.63) is 0 Å². The van der Waals surface area contributed by atoms with Crippen LogP contribution in [0, 0.1) is 0 Å².